The van der Waals surface area contributed by atoms with Crippen molar-refractivity contribution in [3.8, 4) is 0 Å². The summed E-state index contributed by atoms with van der Waals surface area (Å²) in [5, 5.41) is 3.82. The summed E-state index contributed by atoms with van der Waals surface area (Å²) in [6, 6.07) is 0.797. The van der Waals surface area contributed by atoms with Crippen molar-refractivity contribution in [1.82, 2.24) is 10.2 Å². The molecule has 94 valence electrons. The highest BCUT2D eigenvalue weighted by molar-refractivity contribution is 4.79. The molecule has 2 unspecified atom stereocenters. The number of nitrogens with zero attached hydrogens (tertiary/aromatic N) is 1. The second kappa shape index (κ2) is 6.02. The van der Waals surface area contributed by atoms with Crippen LogP contribution in [0, 0.1) is 11.8 Å². The molecule has 2 nitrogen and oxygen atoms in total. The molecule has 2 fully saturated rings. The Bertz CT molecular complexity index is 197. The molecule has 1 saturated heterocycles. The number of hydrogen-bond acceptors (Lipinski definition) is 2. The van der Waals surface area contributed by atoms with Crippen LogP contribution in [-0.4, -0.2) is 37.6 Å². The van der Waals surface area contributed by atoms with E-state index in [2.05, 4.69) is 24.2 Å². The molecule has 2 rings (SSSR count). The largest absolute Gasteiger partial charge is 0.314 e. The predicted octanol–water partition coefficient (Wildman–Crippen LogP) is 2.50. The van der Waals surface area contributed by atoms with Gasteiger partial charge in [0.15, 0.2) is 0 Å². The van der Waals surface area contributed by atoms with E-state index in [0.29, 0.717) is 0 Å². The van der Waals surface area contributed by atoms with Crippen molar-refractivity contribution in [2.24, 2.45) is 11.8 Å². The van der Waals surface area contributed by atoms with Gasteiger partial charge >= 0.3 is 0 Å². The van der Waals surface area contributed by atoms with Crippen LogP contribution >= 0.6 is 0 Å². The Labute approximate surface area is 101 Å². The van der Waals surface area contributed by atoms with E-state index in [0.717, 1.165) is 17.9 Å². The lowest BCUT2D eigenvalue weighted by Crippen LogP contribution is -2.43. The molecule has 0 aromatic rings. The van der Waals surface area contributed by atoms with Crippen molar-refractivity contribution in [2.75, 3.05) is 26.7 Å². The molecule has 1 aliphatic carbocycles. The van der Waals surface area contributed by atoms with Gasteiger partial charge in [-0.3, -0.25) is 0 Å². The smallest absolute Gasteiger partial charge is 0.00915 e. The summed E-state index contributed by atoms with van der Waals surface area (Å²) in [5.41, 5.74) is 0. The third kappa shape index (κ3) is 3.46. The highest BCUT2D eigenvalue weighted by Gasteiger charge is 2.23. The molecule has 0 aromatic carbocycles. The van der Waals surface area contributed by atoms with E-state index in [4.69, 9.17) is 0 Å². The Morgan fingerprint density at radius 3 is 2.44 bits per heavy atom. The molecule has 0 bridgehead atoms. The second-order valence-corrected chi connectivity index (χ2v) is 6.01. The normalized spacial score (nSPS) is 34.1. The Morgan fingerprint density at radius 2 is 1.75 bits per heavy atom. The molecule has 1 saturated carbocycles. The number of piperidine rings is 1. The predicted molar refractivity (Wildman–Crippen MR) is 69.6 cm³/mol. The molecule has 1 N–H and O–H groups in total. The van der Waals surface area contributed by atoms with Gasteiger partial charge in [-0.15, -0.1) is 0 Å². The lowest BCUT2D eigenvalue weighted by Gasteiger charge is -2.33. The molecule has 2 atom stereocenters. The van der Waals surface area contributed by atoms with Gasteiger partial charge in [-0.2, -0.15) is 0 Å². The number of nitrogens with one attached hydrogen (secondary N) is 1. The summed E-state index contributed by atoms with van der Waals surface area (Å²) in [4.78, 5) is 2.45. The van der Waals surface area contributed by atoms with E-state index in [1.807, 2.05) is 0 Å². The summed E-state index contributed by atoms with van der Waals surface area (Å²) >= 11 is 0. The van der Waals surface area contributed by atoms with Gasteiger partial charge in [-0.1, -0.05) is 26.2 Å². The highest BCUT2D eigenvalue weighted by Crippen LogP contribution is 2.29. The van der Waals surface area contributed by atoms with Crippen molar-refractivity contribution in [1.29, 1.82) is 0 Å². The first-order valence-electron chi connectivity index (χ1n) is 7.17. The first-order chi connectivity index (χ1) is 7.75. The first kappa shape index (κ1) is 12.4. The Hall–Kier alpha value is -0.0800. The van der Waals surface area contributed by atoms with Gasteiger partial charge in [-0.25, -0.2) is 0 Å². The van der Waals surface area contributed by atoms with Gasteiger partial charge in [0.2, 0.25) is 0 Å². The molecule has 0 radical (unpaired) electrons. The summed E-state index contributed by atoms with van der Waals surface area (Å²) in [6.07, 6.45) is 8.53. The lowest BCUT2D eigenvalue weighted by atomic mass is 9.80. The standard InChI is InChI=1S/C14H28N2/c1-12-5-3-4-6-13(12)11-15-14-7-9-16(2)10-8-14/h12-15H,3-11H2,1-2H3. The second-order valence-electron chi connectivity index (χ2n) is 6.01. The van der Waals surface area contributed by atoms with Crippen LogP contribution < -0.4 is 5.32 Å². The molecular weight excluding hydrogens is 196 g/mol. The molecule has 2 aliphatic rings. The van der Waals surface area contributed by atoms with Gasteiger partial charge in [0.1, 0.15) is 0 Å². The van der Waals surface area contributed by atoms with Crippen molar-refractivity contribution in [3.63, 3.8) is 0 Å². The van der Waals surface area contributed by atoms with Gasteiger partial charge in [0.05, 0.1) is 0 Å². The van der Waals surface area contributed by atoms with Crippen LogP contribution in [0.4, 0.5) is 0 Å². The van der Waals surface area contributed by atoms with Crippen molar-refractivity contribution < 1.29 is 0 Å². The molecule has 1 heterocycles. The van der Waals surface area contributed by atoms with Crippen molar-refractivity contribution >= 4 is 0 Å². The average Bonchev–Trinajstić information content (AvgIpc) is 2.30. The van der Waals surface area contributed by atoms with Gasteiger partial charge in [-0.05, 0) is 57.8 Å². The lowest BCUT2D eigenvalue weighted by molar-refractivity contribution is 0.203. The summed E-state index contributed by atoms with van der Waals surface area (Å²) < 4.78 is 0. The van der Waals surface area contributed by atoms with E-state index in [-0.39, 0.29) is 0 Å². The number of hydrogen-bond donors (Lipinski definition) is 1. The third-order valence-electron chi connectivity index (χ3n) is 4.68. The minimum atomic E-state index is 0.797. The molecule has 0 aromatic heterocycles. The van der Waals surface area contributed by atoms with Gasteiger partial charge in [0.25, 0.3) is 0 Å². The van der Waals surface area contributed by atoms with Crippen molar-refractivity contribution in [3.05, 3.63) is 0 Å². The first-order valence-corrected chi connectivity index (χ1v) is 7.17. The van der Waals surface area contributed by atoms with Crippen LogP contribution in [0.15, 0.2) is 0 Å². The van der Waals surface area contributed by atoms with Gasteiger partial charge in [0, 0.05) is 6.04 Å². The third-order valence-corrected chi connectivity index (χ3v) is 4.68. The Morgan fingerprint density at radius 1 is 1.06 bits per heavy atom. The zero-order chi connectivity index (χ0) is 11.4. The summed E-state index contributed by atoms with van der Waals surface area (Å²) in [7, 11) is 2.24. The monoisotopic (exact) mass is 224 g/mol. The fourth-order valence-electron chi connectivity index (χ4n) is 3.23. The summed E-state index contributed by atoms with van der Waals surface area (Å²) in [6.45, 7) is 6.27. The fourth-order valence-corrected chi connectivity index (χ4v) is 3.23. The van der Waals surface area contributed by atoms with E-state index in [1.165, 1.54) is 58.2 Å². The molecule has 2 heteroatoms. The van der Waals surface area contributed by atoms with E-state index in [9.17, 15) is 0 Å². The van der Waals surface area contributed by atoms with Crippen LogP contribution in [0.1, 0.15) is 45.4 Å². The van der Waals surface area contributed by atoms with E-state index in [1.54, 1.807) is 0 Å². The molecule has 1 aliphatic heterocycles. The maximum atomic E-state index is 3.82. The molecule has 16 heavy (non-hydrogen) atoms. The maximum absolute atomic E-state index is 3.82. The van der Waals surface area contributed by atoms with E-state index >= 15 is 0 Å². The highest BCUT2D eigenvalue weighted by atomic mass is 15.1. The minimum Gasteiger partial charge on any atom is -0.314 e. The Kier molecular flexibility index (Phi) is 4.66. The van der Waals surface area contributed by atoms with Crippen LogP contribution in [0.5, 0.6) is 0 Å². The molecular formula is C14H28N2. The maximum Gasteiger partial charge on any atom is 0.00915 e. The van der Waals surface area contributed by atoms with Crippen LogP contribution in [0.2, 0.25) is 0 Å². The average molecular weight is 224 g/mol. The quantitative estimate of drug-likeness (QED) is 0.792. The number of rotatable bonds is 3. The van der Waals surface area contributed by atoms with Crippen molar-refractivity contribution in [2.45, 2.75) is 51.5 Å². The van der Waals surface area contributed by atoms with E-state index < -0.39 is 0 Å². The minimum absolute atomic E-state index is 0.797. The fraction of sp³-hybridized carbons (Fsp3) is 1.00. The van der Waals surface area contributed by atoms with Crippen LogP contribution in [0.25, 0.3) is 0 Å². The SMILES string of the molecule is CC1CCCCC1CNC1CCN(C)CC1. The Balaban J connectivity index is 1.66. The molecule has 0 spiro atoms. The van der Waals surface area contributed by atoms with Crippen LogP contribution in [0.3, 0.4) is 0 Å². The molecule has 0 amide bonds. The van der Waals surface area contributed by atoms with Gasteiger partial charge < -0.3 is 10.2 Å². The number of likely N-dealkylation sites (tertiary alicyclic amines) is 1. The summed E-state index contributed by atoms with van der Waals surface area (Å²) in [5.74, 6) is 1.90. The zero-order valence-corrected chi connectivity index (χ0v) is 11.0. The topological polar surface area (TPSA) is 15.3 Å². The van der Waals surface area contributed by atoms with Crippen LogP contribution in [-0.2, 0) is 0 Å². The zero-order valence-electron chi connectivity index (χ0n) is 11.0.